The molecule has 0 aliphatic rings. The van der Waals surface area contributed by atoms with E-state index in [0.717, 1.165) is 143 Å². The van der Waals surface area contributed by atoms with E-state index in [1.54, 1.807) is 56.9 Å². The molecule has 0 saturated carbocycles. The zero-order chi connectivity index (χ0) is 56.9. The Kier molecular flexibility index (Phi) is 42.7. The highest BCUT2D eigenvalue weighted by molar-refractivity contribution is 6.87. The van der Waals surface area contributed by atoms with Gasteiger partial charge in [0, 0.05) is 93.1 Å². The quantitative estimate of drug-likeness (QED) is 0.0540. The Bertz CT molecular complexity index is 1250. The van der Waals surface area contributed by atoms with Crippen LogP contribution < -0.4 is 0 Å². The van der Waals surface area contributed by atoms with Gasteiger partial charge in [0.15, 0.2) is 0 Å². The van der Waals surface area contributed by atoms with E-state index in [-0.39, 0.29) is 0 Å². The van der Waals surface area contributed by atoms with E-state index in [1.807, 2.05) is 0 Å². The van der Waals surface area contributed by atoms with Crippen molar-refractivity contribution in [2.24, 2.45) is 0 Å². The molecule has 0 saturated heterocycles. The van der Waals surface area contributed by atoms with Crippen LogP contribution in [0.15, 0.2) is 0 Å². The Morgan fingerprint density at radius 1 is 0.200 bits per heavy atom. The van der Waals surface area contributed by atoms with Crippen molar-refractivity contribution in [3.8, 4) is 0 Å². The van der Waals surface area contributed by atoms with Crippen LogP contribution in [0.5, 0.6) is 0 Å². The number of rotatable bonds is 54. The summed E-state index contributed by atoms with van der Waals surface area (Å²) in [5.41, 5.74) is 0. The van der Waals surface area contributed by atoms with Gasteiger partial charge < -0.3 is 85.4 Å². The summed E-state index contributed by atoms with van der Waals surface area (Å²) in [4.78, 5) is 14.5. The van der Waals surface area contributed by atoms with E-state index < -0.39 is 52.8 Å². The minimum atomic E-state index is -4.02. The van der Waals surface area contributed by atoms with Crippen molar-refractivity contribution >= 4 is 52.8 Å². The second-order valence-electron chi connectivity index (χ2n) is 19.0. The first-order valence-electron chi connectivity index (χ1n) is 29.2. The zero-order valence-electron chi connectivity index (χ0n) is 52.2. The first-order valence-corrected chi connectivity index (χ1v) is 40.8. The average Bonchev–Trinajstić information content (AvgIpc) is 3.44. The molecule has 0 aromatic carbocycles. The van der Waals surface area contributed by atoms with Crippen LogP contribution in [-0.2, 0) is 56.0 Å². The molecular weight excluding hydrogens is 1060 g/mol. The Morgan fingerprint density at radius 2 is 0.320 bits per heavy atom. The van der Waals surface area contributed by atoms with Crippen LogP contribution in [0, 0.1) is 0 Å². The summed E-state index contributed by atoms with van der Waals surface area (Å²) in [5.74, 6) is 0. The SMILES string of the molecule is CCN(CC)CCC[Si](OC)(OC)O[Si](CCCN(CC)CC)(OC)O[Si](CCCN(CC)CC)(OC)O[Si](CCCN(CC)CC)(OC)O[Si](CCCN(CC)CC)(OC)O[Si](CCCN(CC)CC)(OC)OC. The van der Waals surface area contributed by atoms with E-state index in [9.17, 15) is 0 Å². The van der Waals surface area contributed by atoms with Crippen molar-refractivity contribution < 1.29 is 56.0 Å². The molecule has 0 N–H and O–H groups in total. The fraction of sp³-hybridized carbons (Fsp3) is 1.00. The van der Waals surface area contributed by atoms with Crippen molar-refractivity contribution in [2.75, 3.05) is 175 Å². The van der Waals surface area contributed by atoms with Crippen LogP contribution in [0.25, 0.3) is 0 Å². The second kappa shape index (κ2) is 42.4. The van der Waals surface area contributed by atoms with Gasteiger partial charge in [0.25, 0.3) is 0 Å². The number of hydrogen-bond donors (Lipinski definition) is 0. The van der Waals surface area contributed by atoms with Gasteiger partial charge in [-0.3, -0.25) is 0 Å². The van der Waals surface area contributed by atoms with Gasteiger partial charge in [0.1, 0.15) is 0 Å². The topological polar surface area (TPSA) is 139 Å². The van der Waals surface area contributed by atoms with E-state index >= 15 is 0 Å². The van der Waals surface area contributed by atoms with Crippen LogP contribution in [0.2, 0.25) is 36.3 Å². The highest BCUT2D eigenvalue weighted by Crippen LogP contribution is 2.38. The minimum Gasteiger partial charge on any atom is -0.378 e. The molecule has 0 aromatic rings. The third-order valence-corrected chi connectivity index (χ3v) is 38.4. The lowest BCUT2D eigenvalue weighted by Crippen LogP contribution is -2.69. The summed E-state index contributed by atoms with van der Waals surface area (Å²) in [7, 11) is -9.12. The van der Waals surface area contributed by atoms with Gasteiger partial charge in [0.05, 0.1) is 0 Å². The van der Waals surface area contributed by atoms with Crippen molar-refractivity contribution in [3.63, 3.8) is 0 Å². The van der Waals surface area contributed by atoms with Crippen LogP contribution in [0.4, 0.5) is 0 Å². The maximum absolute atomic E-state index is 7.86. The predicted octanol–water partition coefficient (Wildman–Crippen LogP) is 8.27. The third kappa shape index (κ3) is 27.0. The lowest BCUT2D eigenvalue weighted by molar-refractivity contribution is 0.0505. The first kappa shape index (κ1) is 75.5. The smallest absolute Gasteiger partial charge is 0.378 e. The van der Waals surface area contributed by atoms with Gasteiger partial charge in [-0.15, -0.1) is 0 Å². The summed E-state index contributed by atoms with van der Waals surface area (Å²) in [6.07, 6.45) is 4.56. The molecule has 0 aliphatic heterocycles. The van der Waals surface area contributed by atoms with Crippen molar-refractivity contribution in [3.05, 3.63) is 0 Å². The van der Waals surface area contributed by atoms with Crippen molar-refractivity contribution in [1.82, 2.24) is 29.4 Å². The van der Waals surface area contributed by atoms with E-state index in [1.165, 1.54) is 0 Å². The molecule has 25 heteroatoms. The molecule has 0 spiro atoms. The molecule has 0 bridgehead atoms. The molecule has 0 rings (SSSR count). The Balaban J connectivity index is 8.53. The lowest BCUT2D eigenvalue weighted by atomic mass is 10.4. The molecule has 0 radical (unpaired) electrons. The minimum absolute atomic E-state index is 0.441. The molecule has 4 atom stereocenters. The highest BCUT2D eigenvalue weighted by Gasteiger charge is 2.64. The number of hydrogen-bond acceptors (Lipinski definition) is 19. The monoisotopic (exact) mass is 1180 g/mol. The molecule has 0 aliphatic carbocycles. The summed E-state index contributed by atoms with van der Waals surface area (Å²) >= 11 is 0. The molecule has 0 aromatic heterocycles. The zero-order valence-corrected chi connectivity index (χ0v) is 58.2. The highest BCUT2D eigenvalue weighted by atomic mass is 28.5. The van der Waals surface area contributed by atoms with Crippen LogP contribution in [-0.4, -0.2) is 257 Å². The molecule has 4 unspecified atom stereocenters. The van der Waals surface area contributed by atoms with Crippen LogP contribution in [0.1, 0.15) is 122 Å². The molecule has 0 fully saturated rings. The Morgan fingerprint density at radius 3 is 0.440 bits per heavy atom. The summed E-state index contributed by atoms with van der Waals surface area (Å²) in [5, 5.41) is 0. The summed E-state index contributed by atoms with van der Waals surface area (Å²) in [6.45, 7) is 42.5. The normalized spacial score (nSPS) is 16.2. The van der Waals surface area contributed by atoms with Crippen LogP contribution in [0.3, 0.4) is 0 Å². The van der Waals surface area contributed by atoms with Gasteiger partial charge in [-0.1, -0.05) is 83.1 Å². The molecule has 19 nitrogen and oxygen atoms in total. The van der Waals surface area contributed by atoms with E-state index in [2.05, 4.69) is 112 Å². The van der Waals surface area contributed by atoms with Gasteiger partial charge in [-0.25, -0.2) is 0 Å². The molecule has 0 amide bonds. The van der Waals surface area contributed by atoms with Crippen LogP contribution >= 0.6 is 0 Å². The fourth-order valence-corrected chi connectivity index (χ4v) is 34.9. The molecular formula is C50H120N6O13Si6. The average molecular weight is 1180 g/mol. The Hall–Kier alpha value is 0.541. The largest absolute Gasteiger partial charge is 0.493 e. The maximum atomic E-state index is 7.86. The van der Waals surface area contributed by atoms with Crippen molar-refractivity contribution in [2.45, 2.75) is 158 Å². The van der Waals surface area contributed by atoms with E-state index in [0.29, 0.717) is 49.1 Å². The fourth-order valence-electron chi connectivity index (χ4n) is 9.62. The summed E-state index contributed by atoms with van der Waals surface area (Å²) < 4.78 is 91.3. The summed E-state index contributed by atoms with van der Waals surface area (Å²) in [6, 6.07) is 3.00. The predicted molar refractivity (Wildman–Crippen MR) is 319 cm³/mol. The van der Waals surface area contributed by atoms with Crippen molar-refractivity contribution in [1.29, 1.82) is 0 Å². The van der Waals surface area contributed by atoms with Gasteiger partial charge in [-0.2, -0.15) is 0 Å². The lowest BCUT2D eigenvalue weighted by Gasteiger charge is -2.46. The van der Waals surface area contributed by atoms with Gasteiger partial charge in [-0.05, 0) is 156 Å². The second-order valence-corrected chi connectivity index (χ2v) is 37.6. The third-order valence-electron chi connectivity index (χ3n) is 15.2. The maximum Gasteiger partial charge on any atom is 0.493 e. The van der Waals surface area contributed by atoms with Gasteiger partial charge in [0.2, 0.25) is 0 Å². The standard InChI is InChI=1S/C50H120N6O13Si6/c1-21-51(22-2)39-33-45-70(57-13,58-14)65-72(61-17,47-35-41-53(25-5)26-6)67-74(63-19,49-37-43-55(29-9)30-10)69-75(64-20,50-38-44-56(31-11)32-12)68-73(62-18,48-36-42-54(27-7)28-8)66-71(59-15,60-16)46-34-40-52(23-3)24-4/h21-50H2,1-20H3. The van der Waals surface area contributed by atoms with E-state index in [4.69, 9.17) is 56.0 Å². The molecule has 0 heterocycles. The molecule has 452 valence electrons. The Labute approximate surface area is 468 Å². The molecule has 75 heavy (non-hydrogen) atoms. The number of nitrogens with zero attached hydrogens (tertiary/aromatic N) is 6. The van der Waals surface area contributed by atoms with Gasteiger partial charge >= 0.3 is 52.8 Å². The first-order chi connectivity index (χ1) is 36.0.